The molecule has 2 aromatic rings. The standard InChI is InChI=1S/C19H16ClF3N2O2/c20-14-7-5-13(6-8-14)17(26)24-9-11-25(12-10-24)18(27)15-3-1-2-4-16(15)19(21,22)23/h1-8H,9-12H2. The van der Waals surface area contributed by atoms with Crippen LogP contribution in [0.4, 0.5) is 13.2 Å². The first-order chi connectivity index (χ1) is 12.8. The van der Waals surface area contributed by atoms with Crippen LogP contribution in [0.2, 0.25) is 5.02 Å². The van der Waals surface area contributed by atoms with Gasteiger partial charge in [-0.05, 0) is 36.4 Å². The molecule has 0 spiro atoms. The van der Waals surface area contributed by atoms with Crippen LogP contribution in [0.5, 0.6) is 0 Å². The predicted octanol–water partition coefficient (Wildman–Crippen LogP) is 3.96. The third-order valence-corrected chi connectivity index (χ3v) is 4.66. The summed E-state index contributed by atoms with van der Waals surface area (Å²) in [6.45, 7) is 0.845. The van der Waals surface area contributed by atoms with Crippen molar-refractivity contribution in [3.63, 3.8) is 0 Å². The maximum absolute atomic E-state index is 13.1. The van der Waals surface area contributed by atoms with Crippen LogP contribution < -0.4 is 0 Å². The molecule has 0 aromatic heterocycles. The van der Waals surface area contributed by atoms with Crippen LogP contribution in [0, 0.1) is 0 Å². The van der Waals surface area contributed by atoms with Gasteiger partial charge < -0.3 is 9.80 Å². The molecule has 142 valence electrons. The summed E-state index contributed by atoms with van der Waals surface area (Å²) in [5, 5.41) is 0.519. The predicted molar refractivity (Wildman–Crippen MR) is 94.7 cm³/mol. The van der Waals surface area contributed by atoms with Gasteiger partial charge >= 0.3 is 6.18 Å². The van der Waals surface area contributed by atoms with Crippen molar-refractivity contribution in [2.45, 2.75) is 6.18 Å². The van der Waals surface area contributed by atoms with Crippen LogP contribution in [0.25, 0.3) is 0 Å². The average molecular weight is 397 g/mol. The van der Waals surface area contributed by atoms with Crippen molar-refractivity contribution in [1.29, 1.82) is 0 Å². The van der Waals surface area contributed by atoms with Crippen LogP contribution in [0.1, 0.15) is 26.3 Å². The normalized spacial score (nSPS) is 15.0. The van der Waals surface area contributed by atoms with E-state index in [2.05, 4.69) is 0 Å². The van der Waals surface area contributed by atoms with Crippen molar-refractivity contribution in [2.75, 3.05) is 26.2 Å². The number of alkyl halides is 3. The number of amides is 2. The topological polar surface area (TPSA) is 40.6 Å². The lowest BCUT2D eigenvalue weighted by atomic mass is 10.1. The molecule has 3 rings (SSSR count). The zero-order valence-corrected chi connectivity index (χ0v) is 14.9. The van der Waals surface area contributed by atoms with E-state index in [1.807, 2.05) is 0 Å². The number of nitrogens with zero attached hydrogens (tertiary/aromatic N) is 2. The van der Waals surface area contributed by atoms with E-state index in [0.717, 1.165) is 6.07 Å². The SMILES string of the molecule is O=C(c1ccc(Cl)cc1)N1CCN(C(=O)c2ccccc2C(F)(F)F)CC1. The molecule has 27 heavy (non-hydrogen) atoms. The first-order valence-corrected chi connectivity index (χ1v) is 8.65. The smallest absolute Gasteiger partial charge is 0.335 e. The van der Waals surface area contributed by atoms with E-state index in [1.54, 1.807) is 29.2 Å². The number of halogens is 4. The molecule has 2 amide bonds. The molecule has 0 N–H and O–H groups in total. The minimum Gasteiger partial charge on any atom is -0.335 e. The number of benzene rings is 2. The van der Waals surface area contributed by atoms with Gasteiger partial charge in [0, 0.05) is 36.8 Å². The van der Waals surface area contributed by atoms with Crippen LogP contribution in [-0.4, -0.2) is 47.8 Å². The fraction of sp³-hybridized carbons (Fsp3) is 0.263. The molecule has 1 aliphatic rings. The van der Waals surface area contributed by atoms with E-state index in [9.17, 15) is 22.8 Å². The van der Waals surface area contributed by atoms with E-state index in [1.165, 1.54) is 23.1 Å². The van der Waals surface area contributed by atoms with Gasteiger partial charge in [0.05, 0.1) is 11.1 Å². The molecule has 0 atom stereocenters. The third kappa shape index (κ3) is 4.24. The van der Waals surface area contributed by atoms with E-state index < -0.39 is 17.6 Å². The highest BCUT2D eigenvalue weighted by atomic mass is 35.5. The lowest BCUT2D eigenvalue weighted by Gasteiger charge is -2.35. The van der Waals surface area contributed by atoms with Gasteiger partial charge in [-0.3, -0.25) is 9.59 Å². The fourth-order valence-electron chi connectivity index (χ4n) is 2.97. The van der Waals surface area contributed by atoms with E-state index in [4.69, 9.17) is 11.6 Å². The summed E-state index contributed by atoms with van der Waals surface area (Å²) in [5.41, 5.74) is -0.848. The molecule has 8 heteroatoms. The minimum atomic E-state index is -4.60. The van der Waals surface area contributed by atoms with E-state index in [-0.39, 0.29) is 37.6 Å². The summed E-state index contributed by atoms with van der Waals surface area (Å²) < 4.78 is 39.4. The molecule has 2 aromatic carbocycles. The number of carbonyl (C=O) groups excluding carboxylic acids is 2. The summed E-state index contributed by atoms with van der Waals surface area (Å²) in [6, 6.07) is 11.2. The lowest BCUT2D eigenvalue weighted by Crippen LogP contribution is -2.50. The second-order valence-corrected chi connectivity index (χ2v) is 6.57. The van der Waals surface area contributed by atoms with Gasteiger partial charge in [-0.1, -0.05) is 23.7 Å². The van der Waals surface area contributed by atoms with Gasteiger partial charge in [-0.25, -0.2) is 0 Å². The summed E-state index contributed by atoms with van der Waals surface area (Å²) in [4.78, 5) is 27.9. The molecule has 0 unspecified atom stereocenters. The maximum atomic E-state index is 13.1. The Morgan fingerprint density at radius 1 is 0.815 bits per heavy atom. The highest BCUT2D eigenvalue weighted by molar-refractivity contribution is 6.30. The fourth-order valence-corrected chi connectivity index (χ4v) is 3.10. The lowest BCUT2D eigenvalue weighted by molar-refractivity contribution is -0.138. The van der Waals surface area contributed by atoms with Gasteiger partial charge in [0.25, 0.3) is 11.8 Å². The largest absolute Gasteiger partial charge is 0.417 e. The summed E-state index contributed by atoms with van der Waals surface area (Å²) in [6.07, 6.45) is -4.60. The Bertz CT molecular complexity index is 845. The van der Waals surface area contributed by atoms with Crippen molar-refractivity contribution in [1.82, 2.24) is 9.80 Å². The Balaban J connectivity index is 1.68. The zero-order chi connectivity index (χ0) is 19.6. The zero-order valence-electron chi connectivity index (χ0n) is 14.2. The van der Waals surface area contributed by atoms with Gasteiger partial charge in [0.1, 0.15) is 0 Å². The van der Waals surface area contributed by atoms with Crippen molar-refractivity contribution in [3.8, 4) is 0 Å². The van der Waals surface area contributed by atoms with Gasteiger partial charge in [0.2, 0.25) is 0 Å². The number of hydrogen-bond donors (Lipinski definition) is 0. The first kappa shape index (κ1) is 19.2. The third-order valence-electron chi connectivity index (χ3n) is 4.41. The number of hydrogen-bond acceptors (Lipinski definition) is 2. The van der Waals surface area contributed by atoms with Gasteiger partial charge in [-0.15, -0.1) is 0 Å². The van der Waals surface area contributed by atoms with Crippen LogP contribution in [0.3, 0.4) is 0 Å². The molecule has 0 radical (unpaired) electrons. The van der Waals surface area contributed by atoms with Crippen molar-refractivity contribution < 1.29 is 22.8 Å². The maximum Gasteiger partial charge on any atom is 0.417 e. The molecular formula is C19H16ClF3N2O2. The Morgan fingerprint density at radius 3 is 1.89 bits per heavy atom. The number of rotatable bonds is 2. The monoisotopic (exact) mass is 396 g/mol. The summed E-state index contributed by atoms with van der Waals surface area (Å²) in [5.74, 6) is -0.879. The van der Waals surface area contributed by atoms with Crippen LogP contribution >= 0.6 is 11.6 Å². The average Bonchev–Trinajstić information content (AvgIpc) is 2.67. The molecule has 1 aliphatic heterocycles. The Morgan fingerprint density at radius 2 is 1.33 bits per heavy atom. The summed E-state index contributed by atoms with van der Waals surface area (Å²) >= 11 is 5.81. The van der Waals surface area contributed by atoms with E-state index in [0.29, 0.717) is 10.6 Å². The van der Waals surface area contributed by atoms with Gasteiger partial charge in [0.15, 0.2) is 0 Å². The number of piperazine rings is 1. The molecule has 0 saturated carbocycles. The Hall–Kier alpha value is -2.54. The highest BCUT2D eigenvalue weighted by Crippen LogP contribution is 2.32. The molecule has 0 aliphatic carbocycles. The molecule has 1 heterocycles. The van der Waals surface area contributed by atoms with E-state index >= 15 is 0 Å². The van der Waals surface area contributed by atoms with Gasteiger partial charge in [-0.2, -0.15) is 13.2 Å². The minimum absolute atomic E-state index is 0.171. The molecule has 1 saturated heterocycles. The molecule has 4 nitrogen and oxygen atoms in total. The van der Waals surface area contributed by atoms with Crippen LogP contribution in [0.15, 0.2) is 48.5 Å². The molecule has 0 bridgehead atoms. The van der Waals surface area contributed by atoms with Crippen LogP contribution in [-0.2, 0) is 6.18 Å². The quantitative estimate of drug-likeness (QED) is 0.771. The Labute approximate surface area is 159 Å². The first-order valence-electron chi connectivity index (χ1n) is 8.28. The van der Waals surface area contributed by atoms with Crippen molar-refractivity contribution in [2.24, 2.45) is 0 Å². The molecular weight excluding hydrogens is 381 g/mol. The van der Waals surface area contributed by atoms with Crippen molar-refractivity contribution in [3.05, 3.63) is 70.2 Å². The number of carbonyl (C=O) groups is 2. The highest BCUT2D eigenvalue weighted by Gasteiger charge is 2.36. The Kier molecular flexibility index (Phi) is 5.41. The second kappa shape index (κ2) is 7.60. The molecule has 1 fully saturated rings. The second-order valence-electron chi connectivity index (χ2n) is 6.13. The summed E-state index contributed by atoms with van der Waals surface area (Å²) in [7, 11) is 0. The van der Waals surface area contributed by atoms with Crippen molar-refractivity contribution >= 4 is 23.4 Å².